The highest BCUT2D eigenvalue weighted by Crippen LogP contribution is 2.27. The molecule has 0 fully saturated rings. The molecule has 1 aromatic heterocycles. The number of aromatic nitrogens is 2. The smallest absolute Gasteiger partial charge is 0.255 e. The topological polar surface area (TPSA) is 65.4 Å². The normalized spacial score (nSPS) is 10.6. The van der Waals surface area contributed by atoms with Gasteiger partial charge in [-0.2, -0.15) is 5.10 Å². The molecular formula is C26H25N3O3. The van der Waals surface area contributed by atoms with Gasteiger partial charge in [0.05, 0.1) is 25.5 Å². The first kappa shape index (κ1) is 21.2. The number of hydrogen-bond donors (Lipinski definition) is 1. The van der Waals surface area contributed by atoms with Gasteiger partial charge < -0.3 is 14.8 Å². The van der Waals surface area contributed by atoms with Gasteiger partial charge >= 0.3 is 0 Å². The number of rotatable bonds is 7. The van der Waals surface area contributed by atoms with E-state index in [9.17, 15) is 4.79 Å². The second-order valence-corrected chi connectivity index (χ2v) is 7.40. The van der Waals surface area contributed by atoms with Crippen molar-refractivity contribution in [2.45, 2.75) is 13.5 Å². The second kappa shape index (κ2) is 9.39. The average molecular weight is 428 g/mol. The van der Waals surface area contributed by atoms with Crippen LogP contribution in [0.1, 0.15) is 21.5 Å². The average Bonchev–Trinajstić information content (AvgIpc) is 3.29. The highest BCUT2D eigenvalue weighted by atomic mass is 16.5. The molecule has 1 amide bonds. The lowest BCUT2D eigenvalue weighted by atomic mass is 10.1. The van der Waals surface area contributed by atoms with Crippen LogP contribution in [0.15, 0.2) is 79.0 Å². The summed E-state index contributed by atoms with van der Waals surface area (Å²) in [6.07, 6.45) is 1.76. The number of benzene rings is 3. The minimum Gasteiger partial charge on any atom is -0.497 e. The van der Waals surface area contributed by atoms with Crippen molar-refractivity contribution in [3.8, 4) is 28.4 Å². The number of hydrogen-bond acceptors (Lipinski definition) is 4. The molecule has 162 valence electrons. The third kappa shape index (κ3) is 4.49. The fourth-order valence-electron chi connectivity index (χ4n) is 3.47. The minimum absolute atomic E-state index is 0.216. The fraction of sp³-hybridized carbons (Fsp3) is 0.154. The summed E-state index contributed by atoms with van der Waals surface area (Å²) in [7, 11) is 3.23. The highest BCUT2D eigenvalue weighted by molar-refractivity contribution is 6.00. The number of nitrogens with one attached hydrogen (secondary N) is 1. The standard InChI is InChI=1S/C26H25N3O3/c1-18-11-13-21(14-12-18)29-17-23(25(28-29)19-8-6-9-22(15-19)31-2)26(30)27-16-20-7-4-5-10-24(20)32-3/h4-15,17H,16H2,1-3H3,(H,27,30). The van der Waals surface area contributed by atoms with Gasteiger partial charge in [0.25, 0.3) is 5.91 Å². The van der Waals surface area contributed by atoms with Gasteiger partial charge in [-0.05, 0) is 37.3 Å². The van der Waals surface area contributed by atoms with Crippen LogP contribution in [-0.4, -0.2) is 29.9 Å². The maximum Gasteiger partial charge on any atom is 0.255 e. The van der Waals surface area contributed by atoms with Crippen LogP contribution < -0.4 is 14.8 Å². The van der Waals surface area contributed by atoms with Crippen LogP contribution in [0.3, 0.4) is 0 Å². The summed E-state index contributed by atoms with van der Waals surface area (Å²) >= 11 is 0. The zero-order valence-electron chi connectivity index (χ0n) is 18.3. The summed E-state index contributed by atoms with van der Waals surface area (Å²) in [5.74, 6) is 1.22. The van der Waals surface area contributed by atoms with Crippen LogP contribution in [0.2, 0.25) is 0 Å². The number of carbonyl (C=O) groups excluding carboxylic acids is 1. The third-order valence-electron chi connectivity index (χ3n) is 5.23. The molecule has 32 heavy (non-hydrogen) atoms. The molecule has 6 nitrogen and oxygen atoms in total. The molecule has 6 heteroatoms. The molecule has 0 atom stereocenters. The van der Waals surface area contributed by atoms with E-state index in [0.717, 1.165) is 28.1 Å². The largest absolute Gasteiger partial charge is 0.497 e. The summed E-state index contributed by atoms with van der Waals surface area (Å²) in [5.41, 5.74) is 4.80. The Morgan fingerprint density at radius 3 is 2.50 bits per heavy atom. The number of aryl methyl sites for hydroxylation is 1. The quantitative estimate of drug-likeness (QED) is 0.460. The van der Waals surface area contributed by atoms with Gasteiger partial charge in [0.1, 0.15) is 17.2 Å². The van der Waals surface area contributed by atoms with E-state index >= 15 is 0 Å². The summed E-state index contributed by atoms with van der Waals surface area (Å²) in [6, 6.07) is 23.2. The first-order valence-electron chi connectivity index (χ1n) is 10.3. The molecule has 0 unspecified atom stereocenters. The van der Waals surface area contributed by atoms with Gasteiger partial charge in [0, 0.05) is 23.9 Å². The zero-order chi connectivity index (χ0) is 22.5. The predicted molar refractivity (Wildman–Crippen MR) is 124 cm³/mol. The monoisotopic (exact) mass is 427 g/mol. The van der Waals surface area contributed by atoms with E-state index in [2.05, 4.69) is 5.32 Å². The Morgan fingerprint density at radius 1 is 0.969 bits per heavy atom. The lowest BCUT2D eigenvalue weighted by Gasteiger charge is -2.10. The van der Waals surface area contributed by atoms with E-state index in [0.29, 0.717) is 23.6 Å². The first-order valence-corrected chi connectivity index (χ1v) is 10.3. The predicted octanol–water partition coefficient (Wildman–Crippen LogP) is 4.79. The van der Waals surface area contributed by atoms with Crippen molar-refractivity contribution in [2.75, 3.05) is 14.2 Å². The van der Waals surface area contributed by atoms with Gasteiger partial charge in [-0.15, -0.1) is 0 Å². The molecule has 0 spiro atoms. The van der Waals surface area contributed by atoms with Gasteiger partial charge in [0.2, 0.25) is 0 Å². The van der Waals surface area contributed by atoms with Crippen LogP contribution >= 0.6 is 0 Å². The maximum atomic E-state index is 13.2. The summed E-state index contributed by atoms with van der Waals surface area (Å²) in [5, 5.41) is 7.74. The Labute approximate surface area is 187 Å². The highest BCUT2D eigenvalue weighted by Gasteiger charge is 2.19. The number of nitrogens with zero attached hydrogens (tertiary/aromatic N) is 2. The molecule has 0 bridgehead atoms. The second-order valence-electron chi connectivity index (χ2n) is 7.40. The molecule has 3 aromatic carbocycles. The van der Waals surface area contributed by atoms with E-state index in [1.54, 1.807) is 25.1 Å². The van der Waals surface area contributed by atoms with Crippen molar-refractivity contribution in [3.05, 3.63) is 95.7 Å². The SMILES string of the molecule is COc1cccc(-c2nn(-c3ccc(C)cc3)cc2C(=O)NCc2ccccc2OC)c1. The van der Waals surface area contributed by atoms with Crippen LogP contribution in [0, 0.1) is 6.92 Å². The van der Waals surface area contributed by atoms with Crippen molar-refractivity contribution >= 4 is 5.91 Å². The molecular weight excluding hydrogens is 402 g/mol. The van der Waals surface area contributed by atoms with Gasteiger partial charge in [0.15, 0.2) is 0 Å². The molecule has 0 aliphatic heterocycles. The van der Waals surface area contributed by atoms with Gasteiger partial charge in [-0.25, -0.2) is 4.68 Å². The molecule has 4 aromatic rings. The van der Waals surface area contributed by atoms with Crippen molar-refractivity contribution in [1.29, 1.82) is 0 Å². The summed E-state index contributed by atoms with van der Waals surface area (Å²) in [4.78, 5) is 13.2. The van der Waals surface area contributed by atoms with Crippen LogP contribution in [0.5, 0.6) is 11.5 Å². The number of para-hydroxylation sites is 1. The Kier molecular flexibility index (Phi) is 6.22. The fourth-order valence-corrected chi connectivity index (χ4v) is 3.47. The van der Waals surface area contributed by atoms with Crippen LogP contribution in [0.4, 0.5) is 0 Å². The summed E-state index contributed by atoms with van der Waals surface area (Å²) in [6.45, 7) is 2.38. The zero-order valence-corrected chi connectivity index (χ0v) is 18.3. The lowest BCUT2D eigenvalue weighted by Crippen LogP contribution is -2.23. The van der Waals surface area contributed by atoms with E-state index in [4.69, 9.17) is 14.6 Å². The molecule has 0 saturated heterocycles. The number of carbonyl (C=O) groups is 1. The van der Waals surface area contributed by atoms with Crippen molar-refractivity contribution in [2.24, 2.45) is 0 Å². The molecule has 1 N–H and O–H groups in total. The summed E-state index contributed by atoms with van der Waals surface area (Å²) < 4.78 is 12.5. The van der Waals surface area contributed by atoms with Gasteiger partial charge in [-0.3, -0.25) is 4.79 Å². The van der Waals surface area contributed by atoms with E-state index in [1.807, 2.05) is 79.7 Å². The van der Waals surface area contributed by atoms with Crippen molar-refractivity contribution in [1.82, 2.24) is 15.1 Å². The molecule has 1 heterocycles. The Morgan fingerprint density at radius 2 is 1.75 bits per heavy atom. The molecule has 0 saturated carbocycles. The first-order chi connectivity index (χ1) is 15.6. The number of methoxy groups -OCH3 is 2. The van der Waals surface area contributed by atoms with E-state index in [-0.39, 0.29) is 5.91 Å². The number of amides is 1. The van der Waals surface area contributed by atoms with Gasteiger partial charge in [-0.1, -0.05) is 48.0 Å². The Balaban J connectivity index is 1.70. The van der Waals surface area contributed by atoms with Crippen LogP contribution in [-0.2, 0) is 6.54 Å². The van der Waals surface area contributed by atoms with Crippen molar-refractivity contribution in [3.63, 3.8) is 0 Å². The molecule has 0 radical (unpaired) electrons. The van der Waals surface area contributed by atoms with E-state index in [1.165, 1.54) is 0 Å². The third-order valence-corrected chi connectivity index (χ3v) is 5.23. The minimum atomic E-state index is -0.216. The lowest BCUT2D eigenvalue weighted by molar-refractivity contribution is 0.0951. The Bertz CT molecular complexity index is 1230. The molecule has 4 rings (SSSR count). The van der Waals surface area contributed by atoms with Crippen LogP contribution in [0.25, 0.3) is 16.9 Å². The molecule has 0 aliphatic carbocycles. The maximum absolute atomic E-state index is 13.2. The van der Waals surface area contributed by atoms with Crippen molar-refractivity contribution < 1.29 is 14.3 Å². The number of ether oxygens (including phenoxy) is 2. The molecule has 0 aliphatic rings. The van der Waals surface area contributed by atoms with E-state index < -0.39 is 0 Å². The Hall–Kier alpha value is -4.06.